The van der Waals surface area contributed by atoms with E-state index in [0.29, 0.717) is 0 Å². The second-order valence-corrected chi connectivity index (χ2v) is 20.3. The lowest BCUT2D eigenvalue weighted by Gasteiger charge is -2.30. The molecule has 0 heteroatoms. The summed E-state index contributed by atoms with van der Waals surface area (Å²) in [5.41, 5.74) is 9.99. The van der Waals surface area contributed by atoms with Crippen LogP contribution in [0.3, 0.4) is 0 Å². The lowest BCUT2D eigenvalue weighted by Crippen LogP contribution is -2.07. The summed E-state index contributed by atoms with van der Waals surface area (Å²) in [7, 11) is 0. The first-order chi connectivity index (χ1) is 35.5. The van der Waals surface area contributed by atoms with E-state index >= 15 is 0 Å². The minimum atomic E-state index is 0.813. The highest BCUT2D eigenvalue weighted by atomic mass is 14.3. The summed E-state index contributed by atoms with van der Waals surface area (Å²) in [6.45, 7) is 18.2. The Morgan fingerprint density at radius 1 is 0.292 bits per heavy atom. The molecule has 4 bridgehead atoms. The van der Waals surface area contributed by atoms with Crippen LogP contribution in [0, 0.1) is 71.6 Å². The second kappa shape index (κ2) is 19.7. The van der Waals surface area contributed by atoms with Gasteiger partial charge >= 0.3 is 0 Å². The molecule has 0 atom stereocenters. The van der Waals surface area contributed by atoms with E-state index in [9.17, 15) is 0 Å². The number of rotatable bonds is 12. The molecule has 0 saturated heterocycles. The predicted molar refractivity (Wildman–Crippen MR) is 314 cm³/mol. The van der Waals surface area contributed by atoms with Crippen LogP contribution in [-0.4, -0.2) is 0 Å². The molecule has 0 nitrogen and oxygen atoms in total. The quantitative estimate of drug-likeness (QED) is 0.107. The summed E-state index contributed by atoms with van der Waals surface area (Å²) in [5, 5.41) is 26.1. The smallest absolute Gasteiger partial charge is 0.0490 e. The van der Waals surface area contributed by atoms with Gasteiger partial charge in [-0.3, -0.25) is 0 Å². The summed E-state index contributed by atoms with van der Waals surface area (Å²) in [6, 6.07) is 34.0. The number of unbranched alkanes of at least 4 members (excludes halogenated alkanes) is 4. The van der Waals surface area contributed by atoms with Gasteiger partial charge in [-0.2, -0.15) is 0 Å². The van der Waals surface area contributed by atoms with E-state index < -0.39 is 0 Å². The standard InChI is InChI=1S/C72H64/c1-9-17-21-29-45-33-39-57-63-51(45)37-35-49-42-50(48(32-24-20-12-4)41-47(49)31-23-19-11-3)36-38-52-46(30-22-18-10-2)34-40-58-64(52)72-66(58)54(26-14-6)56(28-16-8)68-60-43-59-61(44-62(60)70(68)72)69-67(59)55(27-15-7)53(25-13-5)65(57)71(63)69/h33-34,39-44H,9-20,25-28H2,1-8H3. The van der Waals surface area contributed by atoms with Crippen molar-refractivity contribution in [3.05, 3.63) is 117 Å². The summed E-state index contributed by atoms with van der Waals surface area (Å²) in [5.74, 6) is 28.4. The molecular formula is C72H64. The maximum absolute atomic E-state index is 3.85. The Morgan fingerprint density at radius 3 is 0.972 bits per heavy atom. The molecule has 0 aliphatic rings. The van der Waals surface area contributed by atoms with Gasteiger partial charge in [-0.25, -0.2) is 0 Å². The van der Waals surface area contributed by atoms with E-state index in [1.807, 2.05) is 0 Å². The molecule has 11 aromatic rings. The Bertz CT molecular complexity index is 3930. The molecule has 11 aromatic carbocycles. The molecule has 0 aliphatic carbocycles. The molecule has 0 heterocycles. The van der Waals surface area contributed by atoms with Crippen LogP contribution in [0.1, 0.15) is 177 Å². The highest BCUT2D eigenvalue weighted by molar-refractivity contribution is 6.51. The van der Waals surface area contributed by atoms with Crippen molar-refractivity contribution in [3.8, 4) is 47.4 Å². The average molecular weight is 929 g/mol. The van der Waals surface area contributed by atoms with Gasteiger partial charge in [-0.05, 0) is 175 Å². The van der Waals surface area contributed by atoms with Gasteiger partial charge in [0.05, 0.1) is 0 Å². The second-order valence-electron chi connectivity index (χ2n) is 20.3. The first-order valence-corrected chi connectivity index (χ1v) is 27.6. The number of fused-ring (bicyclic) bond motifs is 6. The van der Waals surface area contributed by atoms with E-state index in [-0.39, 0.29) is 0 Å². The van der Waals surface area contributed by atoms with Crippen molar-refractivity contribution in [1.82, 2.24) is 0 Å². The minimum absolute atomic E-state index is 0.813. The number of aryl methyl sites for hydroxylation is 4. The minimum Gasteiger partial charge on any atom is -0.0979 e. The van der Waals surface area contributed by atoms with E-state index in [4.69, 9.17) is 0 Å². The fraction of sp³-hybridized carbons (Fsp3) is 0.333. The van der Waals surface area contributed by atoms with Gasteiger partial charge < -0.3 is 0 Å². The normalized spacial score (nSPS) is 11.6. The SMILES string of the molecule is CCCC#Cc1cc(C#CCCC)c2c#cc3c(C#CCCC)ccc4c5c(CCC)c(CCC)c6c7cc8c(cc7c6c5c34)c3c8c(CCC)c(CCC)c4c5ccc(C#CCCC)c(c#cc1c2)c5c43. The van der Waals surface area contributed by atoms with Crippen molar-refractivity contribution >= 4 is 108 Å². The van der Waals surface area contributed by atoms with E-state index in [1.165, 1.54) is 97.3 Å². The zero-order chi connectivity index (χ0) is 49.6. The van der Waals surface area contributed by atoms with Crippen molar-refractivity contribution in [2.45, 2.75) is 158 Å². The lowest BCUT2D eigenvalue weighted by atomic mass is 9.72. The van der Waals surface area contributed by atoms with Crippen molar-refractivity contribution in [2.75, 3.05) is 0 Å². The molecule has 352 valence electrons. The van der Waals surface area contributed by atoms with Crippen molar-refractivity contribution in [2.24, 2.45) is 0 Å². The molecule has 0 aliphatic heterocycles. The van der Waals surface area contributed by atoms with Crippen LogP contribution >= 0.6 is 0 Å². The largest absolute Gasteiger partial charge is 0.0979 e. The predicted octanol–water partition coefficient (Wildman–Crippen LogP) is 19.1. The van der Waals surface area contributed by atoms with Crippen LogP contribution in [0.4, 0.5) is 0 Å². The van der Waals surface area contributed by atoms with Crippen LogP contribution in [-0.2, 0) is 25.7 Å². The van der Waals surface area contributed by atoms with Crippen LogP contribution in [0.15, 0.2) is 48.5 Å². The summed E-state index contributed by atoms with van der Waals surface area (Å²) in [6.07, 6.45) is 16.0. The lowest BCUT2D eigenvalue weighted by molar-refractivity contribution is 0.875. The van der Waals surface area contributed by atoms with E-state index in [0.717, 1.165) is 147 Å². The topological polar surface area (TPSA) is 0 Å². The fourth-order valence-corrected chi connectivity index (χ4v) is 12.2. The first kappa shape index (κ1) is 47.0. The molecule has 0 unspecified atom stereocenters. The zero-order valence-corrected chi connectivity index (χ0v) is 43.9. The molecule has 0 fully saturated rings. The Balaban J connectivity index is 1.41. The molecular weight excluding hydrogens is 865 g/mol. The monoisotopic (exact) mass is 929 g/mol. The van der Waals surface area contributed by atoms with Gasteiger partial charge in [0.25, 0.3) is 0 Å². The van der Waals surface area contributed by atoms with Crippen LogP contribution < -0.4 is 0 Å². The van der Waals surface area contributed by atoms with Crippen molar-refractivity contribution in [3.63, 3.8) is 0 Å². The third kappa shape index (κ3) is 7.30. The Hall–Kier alpha value is -7.32. The van der Waals surface area contributed by atoms with Gasteiger partial charge in [0.2, 0.25) is 0 Å². The Labute approximate surface area is 428 Å². The molecule has 0 radical (unpaired) electrons. The molecule has 0 spiro atoms. The summed E-state index contributed by atoms with van der Waals surface area (Å²) in [4.78, 5) is 0. The highest BCUT2D eigenvalue weighted by Crippen LogP contribution is 2.57. The molecule has 72 heavy (non-hydrogen) atoms. The maximum Gasteiger partial charge on any atom is 0.0490 e. The first-order valence-electron chi connectivity index (χ1n) is 27.6. The van der Waals surface area contributed by atoms with Gasteiger partial charge in [-0.15, -0.1) is 0 Å². The van der Waals surface area contributed by atoms with Crippen LogP contribution in [0.5, 0.6) is 0 Å². The van der Waals surface area contributed by atoms with Crippen molar-refractivity contribution in [1.29, 1.82) is 0 Å². The van der Waals surface area contributed by atoms with Gasteiger partial charge in [0, 0.05) is 91.0 Å². The van der Waals surface area contributed by atoms with Crippen molar-refractivity contribution < 1.29 is 0 Å². The average Bonchev–Trinajstić information content (AvgIpc) is 3.36. The molecule has 0 saturated carbocycles. The third-order valence-electron chi connectivity index (χ3n) is 15.3. The Kier molecular flexibility index (Phi) is 12.9. The molecule has 0 amide bonds. The Morgan fingerprint density at radius 2 is 0.625 bits per heavy atom. The number of hydrogen-bond acceptors (Lipinski definition) is 0. The van der Waals surface area contributed by atoms with Gasteiger partial charge in [0.15, 0.2) is 0 Å². The maximum atomic E-state index is 3.85. The molecule has 0 aromatic heterocycles. The third-order valence-corrected chi connectivity index (χ3v) is 15.3. The molecule has 11 rings (SSSR count). The summed E-state index contributed by atoms with van der Waals surface area (Å²) < 4.78 is 0. The van der Waals surface area contributed by atoms with Gasteiger partial charge in [0.1, 0.15) is 0 Å². The molecule has 0 N–H and O–H groups in total. The summed E-state index contributed by atoms with van der Waals surface area (Å²) >= 11 is 0. The van der Waals surface area contributed by atoms with Crippen LogP contribution in [0.2, 0.25) is 0 Å². The highest BCUT2D eigenvalue weighted by Gasteiger charge is 2.31. The fourth-order valence-electron chi connectivity index (χ4n) is 12.2. The van der Waals surface area contributed by atoms with E-state index in [1.54, 1.807) is 11.1 Å². The van der Waals surface area contributed by atoms with Gasteiger partial charge in [-0.1, -0.05) is 165 Å². The van der Waals surface area contributed by atoms with E-state index in [2.05, 4.69) is 176 Å². The number of benzene rings is 6. The zero-order valence-electron chi connectivity index (χ0n) is 43.9. The van der Waals surface area contributed by atoms with Crippen LogP contribution in [0.25, 0.3) is 108 Å². The number of hydrogen-bond donors (Lipinski definition) is 0.